The fraction of sp³-hybridized carbons (Fsp3) is 0.219. The van der Waals surface area contributed by atoms with E-state index in [-0.39, 0.29) is 40.8 Å². The van der Waals surface area contributed by atoms with Crippen LogP contribution in [-0.2, 0) is 0 Å². The zero-order valence-electron chi connectivity index (χ0n) is 22.0. The first-order valence-corrected chi connectivity index (χ1v) is 12.9. The van der Waals surface area contributed by atoms with E-state index in [1.807, 2.05) is 30.3 Å². The maximum atomic E-state index is 13.4. The number of fused-ring (bicyclic) bond motifs is 2. The molecule has 0 aliphatic carbocycles. The number of rotatable bonds is 5. The maximum absolute atomic E-state index is 13.4. The van der Waals surface area contributed by atoms with Crippen LogP contribution in [0, 0.1) is 0 Å². The summed E-state index contributed by atoms with van der Waals surface area (Å²) in [5, 5.41) is 31.9. The van der Waals surface area contributed by atoms with Gasteiger partial charge in [0.1, 0.15) is 58.0 Å². The average molecular weight is 541 g/mol. The van der Waals surface area contributed by atoms with E-state index in [9.17, 15) is 20.1 Å². The molecule has 0 saturated carbocycles. The van der Waals surface area contributed by atoms with Crippen molar-refractivity contribution in [3.8, 4) is 40.2 Å². The minimum Gasteiger partial charge on any atom is -0.508 e. The van der Waals surface area contributed by atoms with Gasteiger partial charge in [-0.25, -0.2) is 0 Å². The fourth-order valence-corrected chi connectivity index (χ4v) is 5.68. The van der Waals surface area contributed by atoms with E-state index in [2.05, 4.69) is 0 Å². The molecule has 0 spiro atoms. The van der Waals surface area contributed by atoms with Gasteiger partial charge in [0.25, 0.3) is 0 Å². The molecule has 0 aromatic heterocycles. The lowest BCUT2D eigenvalue weighted by Crippen LogP contribution is -2.25. The monoisotopic (exact) mass is 540 g/mol. The van der Waals surface area contributed by atoms with Crippen LogP contribution in [0.2, 0.25) is 0 Å². The predicted octanol–water partition coefficient (Wildman–Crippen LogP) is 6.18. The van der Waals surface area contributed by atoms with Gasteiger partial charge in [-0.3, -0.25) is 4.79 Å². The first kappa shape index (κ1) is 25.4. The zero-order chi connectivity index (χ0) is 28.0. The number of Topliss-reactive ketones (excluding diaryl/α,β-unsaturated/α-hetero) is 1. The Bertz CT molecular complexity index is 1580. The summed E-state index contributed by atoms with van der Waals surface area (Å²) < 4.78 is 24.1. The first-order chi connectivity index (χ1) is 19.4. The molecule has 4 aromatic carbocycles. The van der Waals surface area contributed by atoms with Gasteiger partial charge in [0.05, 0.1) is 20.6 Å². The maximum Gasteiger partial charge on any atom is 0.174 e. The molecule has 3 atom stereocenters. The first-order valence-electron chi connectivity index (χ1n) is 12.9. The second kappa shape index (κ2) is 10.0. The molecule has 40 heavy (non-hydrogen) atoms. The molecule has 2 aliphatic rings. The lowest BCUT2D eigenvalue weighted by Gasteiger charge is -2.36. The third-order valence-corrected chi connectivity index (χ3v) is 7.57. The quantitative estimate of drug-likeness (QED) is 0.275. The predicted molar refractivity (Wildman–Crippen MR) is 146 cm³/mol. The highest BCUT2D eigenvalue weighted by Gasteiger charge is 2.41. The van der Waals surface area contributed by atoms with Crippen molar-refractivity contribution in [3.05, 3.63) is 101 Å². The van der Waals surface area contributed by atoms with Gasteiger partial charge in [0.2, 0.25) is 0 Å². The SMILES string of the molecule is COc1cc(OC)c2c(c1)O[C@@H](c1ccc(O)cc1)C[C@H]2c1c(O)cc(O)c2c1O[C@H](c1ccccc1)CC2=O. The van der Waals surface area contributed by atoms with Crippen molar-refractivity contribution in [2.24, 2.45) is 0 Å². The van der Waals surface area contributed by atoms with E-state index in [1.165, 1.54) is 13.2 Å². The number of aromatic hydroxyl groups is 3. The van der Waals surface area contributed by atoms with Crippen LogP contribution in [0.1, 0.15) is 63.6 Å². The molecule has 204 valence electrons. The van der Waals surface area contributed by atoms with E-state index in [1.54, 1.807) is 43.5 Å². The van der Waals surface area contributed by atoms with Gasteiger partial charge < -0.3 is 34.3 Å². The summed E-state index contributed by atoms with van der Waals surface area (Å²) in [6.07, 6.45) is -0.677. The van der Waals surface area contributed by atoms with Crippen molar-refractivity contribution in [1.82, 2.24) is 0 Å². The average Bonchev–Trinajstić information content (AvgIpc) is 2.96. The third kappa shape index (κ3) is 4.31. The highest BCUT2D eigenvalue weighted by atomic mass is 16.5. The third-order valence-electron chi connectivity index (χ3n) is 7.57. The number of carbonyl (C=O) groups excluding carboxylic acids is 1. The van der Waals surface area contributed by atoms with E-state index >= 15 is 0 Å². The Labute approximate surface area is 231 Å². The minimum atomic E-state index is -0.592. The summed E-state index contributed by atoms with van der Waals surface area (Å²) in [6, 6.07) is 20.8. The number of ether oxygens (including phenoxy) is 4. The Morgan fingerprint density at radius 2 is 1.50 bits per heavy atom. The number of benzene rings is 4. The molecule has 0 amide bonds. The van der Waals surface area contributed by atoms with Crippen LogP contribution in [0.5, 0.6) is 40.2 Å². The van der Waals surface area contributed by atoms with Crippen molar-refractivity contribution < 1.29 is 39.1 Å². The van der Waals surface area contributed by atoms with Gasteiger partial charge in [-0.05, 0) is 23.3 Å². The molecule has 8 nitrogen and oxygen atoms in total. The molecule has 8 heteroatoms. The second-order valence-corrected chi connectivity index (χ2v) is 9.90. The molecular formula is C32H28O8. The number of hydrogen-bond donors (Lipinski definition) is 3. The number of phenols is 3. The van der Waals surface area contributed by atoms with Crippen LogP contribution in [0.4, 0.5) is 0 Å². The summed E-state index contributed by atoms with van der Waals surface area (Å²) in [5.74, 6) is 0.368. The second-order valence-electron chi connectivity index (χ2n) is 9.90. The molecule has 3 N–H and O–H groups in total. The van der Waals surface area contributed by atoms with Gasteiger partial charge in [-0.1, -0.05) is 42.5 Å². The van der Waals surface area contributed by atoms with Crippen LogP contribution < -0.4 is 18.9 Å². The molecule has 0 radical (unpaired) electrons. The molecule has 0 bridgehead atoms. The number of phenolic OH excluding ortho intramolecular Hbond substituents is 3. The van der Waals surface area contributed by atoms with Crippen LogP contribution in [0.3, 0.4) is 0 Å². The van der Waals surface area contributed by atoms with Crippen LogP contribution >= 0.6 is 0 Å². The van der Waals surface area contributed by atoms with Crippen molar-refractivity contribution in [2.45, 2.75) is 31.0 Å². The van der Waals surface area contributed by atoms with Crippen molar-refractivity contribution in [2.75, 3.05) is 14.2 Å². The molecule has 6 rings (SSSR count). The molecule has 0 fully saturated rings. The molecule has 0 saturated heterocycles. The summed E-state index contributed by atoms with van der Waals surface area (Å²) >= 11 is 0. The van der Waals surface area contributed by atoms with Gasteiger partial charge in [-0.15, -0.1) is 0 Å². The number of ketones is 1. The van der Waals surface area contributed by atoms with Gasteiger partial charge in [0.15, 0.2) is 5.78 Å². The molecule has 2 heterocycles. The Morgan fingerprint density at radius 3 is 2.20 bits per heavy atom. The Morgan fingerprint density at radius 1 is 0.775 bits per heavy atom. The van der Waals surface area contributed by atoms with Crippen molar-refractivity contribution in [1.29, 1.82) is 0 Å². The lowest BCUT2D eigenvalue weighted by atomic mass is 9.79. The van der Waals surface area contributed by atoms with E-state index in [0.29, 0.717) is 34.8 Å². The van der Waals surface area contributed by atoms with Crippen LogP contribution in [0.25, 0.3) is 0 Å². The largest absolute Gasteiger partial charge is 0.508 e. The standard InChI is InChI=1S/C32H28O8/c1-37-20-12-27(38-2)30-21(14-25(39-28(30)13-20)18-8-10-19(33)11-9-18)29-22(34)15-23(35)31-24(36)16-26(40-32(29)31)17-6-4-3-5-7-17/h3-13,15,21,25-26,33-35H,14,16H2,1-2H3/t21-,25+,26-/m0/s1. The number of carbonyl (C=O) groups is 1. The normalized spacial score (nSPS) is 19.6. The highest BCUT2D eigenvalue weighted by Crippen LogP contribution is 2.57. The summed E-state index contributed by atoms with van der Waals surface area (Å²) in [4.78, 5) is 13.4. The smallest absolute Gasteiger partial charge is 0.174 e. The zero-order valence-corrected chi connectivity index (χ0v) is 22.0. The summed E-state index contributed by atoms with van der Waals surface area (Å²) in [6.45, 7) is 0. The van der Waals surface area contributed by atoms with Crippen molar-refractivity contribution in [3.63, 3.8) is 0 Å². The van der Waals surface area contributed by atoms with E-state index in [0.717, 1.165) is 11.1 Å². The topological polar surface area (TPSA) is 115 Å². The number of methoxy groups -OCH3 is 2. The minimum absolute atomic E-state index is 0.0432. The summed E-state index contributed by atoms with van der Waals surface area (Å²) in [7, 11) is 3.08. The number of hydrogen-bond acceptors (Lipinski definition) is 8. The molecule has 4 aromatic rings. The molecule has 2 aliphatic heterocycles. The van der Waals surface area contributed by atoms with Gasteiger partial charge in [-0.2, -0.15) is 0 Å². The Kier molecular flexibility index (Phi) is 6.38. The highest BCUT2D eigenvalue weighted by molar-refractivity contribution is 6.03. The van der Waals surface area contributed by atoms with Crippen LogP contribution in [0.15, 0.2) is 72.8 Å². The van der Waals surface area contributed by atoms with Gasteiger partial charge in [0, 0.05) is 41.7 Å². The molecule has 0 unspecified atom stereocenters. The van der Waals surface area contributed by atoms with E-state index in [4.69, 9.17) is 18.9 Å². The lowest BCUT2D eigenvalue weighted by molar-refractivity contribution is 0.0840. The Balaban J connectivity index is 1.56. The van der Waals surface area contributed by atoms with Crippen molar-refractivity contribution >= 4 is 5.78 Å². The van der Waals surface area contributed by atoms with Crippen LogP contribution in [-0.4, -0.2) is 35.3 Å². The fourth-order valence-electron chi connectivity index (χ4n) is 5.68. The molecular weight excluding hydrogens is 512 g/mol. The van der Waals surface area contributed by atoms with E-state index < -0.39 is 18.1 Å². The summed E-state index contributed by atoms with van der Waals surface area (Å²) in [5.41, 5.74) is 2.67. The Hall–Kier alpha value is -4.85. The van der Waals surface area contributed by atoms with Gasteiger partial charge >= 0.3 is 0 Å².